The molecule has 0 saturated heterocycles. The van der Waals surface area contributed by atoms with Crippen molar-refractivity contribution in [1.82, 2.24) is 10.6 Å². The van der Waals surface area contributed by atoms with Gasteiger partial charge in [0.25, 0.3) is 5.91 Å². The number of benzene rings is 1. The normalized spacial score (nSPS) is 10.3. The van der Waals surface area contributed by atoms with Gasteiger partial charge in [-0.3, -0.25) is 10.1 Å². The summed E-state index contributed by atoms with van der Waals surface area (Å²) in [6.07, 6.45) is 1.76. The SMILES string of the molecule is CCCCNC(=O)NC(=O)COC(=O)c1cc2ccccc2o1. The monoisotopic (exact) mass is 318 g/mol. The number of rotatable bonds is 6. The number of imide groups is 1. The fourth-order valence-corrected chi connectivity index (χ4v) is 1.87. The molecule has 0 unspecified atom stereocenters. The predicted molar refractivity (Wildman–Crippen MR) is 82.9 cm³/mol. The molecule has 2 rings (SSSR count). The van der Waals surface area contributed by atoms with E-state index in [0.717, 1.165) is 18.2 Å². The van der Waals surface area contributed by atoms with Gasteiger partial charge < -0.3 is 14.5 Å². The summed E-state index contributed by atoms with van der Waals surface area (Å²) in [6, 6.07) is 8.04. The summed E-state index contributed by atoms with van der Waals surface area (Å²) < 4.78 is 10.1. The van der Waals surface area contributed by atoms with E-state index in [1.54, 1.807) is 18.2 Å². The van der Waals surface area contributed by atoms with Gasteiger partial charge in [-0.25, -0.2) is 9.59 Å². The van der Waals surface area contributed by atoms with Crippen LogP contribution in [0, 0.1) is 0 Å². The first-order chi connectivity index (χ1) is 11.1. The molecule has 0 aliphatic rings. The van der Waals surface area contributed by atoms with Crippen LogP contribution in [0.15, 0.2) is 34.7 Å². The van der Waals surface area contributed by atoms with Crippen molar-refractivity contribution in [2.24, 2.45) is 0 Å². The number of para-hydroxylation sites is 1. The van der Waals surface area contributed by atoms with Gasteiger partial charge in [0.15, 0.2) is 6.61 Å². The highest BCUT2D eigenvalue weighted by molar-refractivity contribution is 5.97. The standard InChI is InChI=1S/C16H18N2O5/c1-2-3-8-17-16(21)18-14(19)10-22-15(20)13-9-11-6-4-5-7-12(11)23-13/h4-7,9H,2-3,8,10H2,1H3,(H2,17,18,19,21). The summed E-state index contributed by atoms with van der Waals surface area (Å²) >= 11 is 0. The number of hydrogen-bond acceptors (Lipinski definition) is 5. The average Bonchev–Trinajstić information content (AvgIpc) is 2.97. The second kappa shape index (κ2) is 7.98. The highest BCUT2D eigenvalue weighted by atomic mass is 16.5. The van der Waals surface area contributed by atoms with E-state index in [0.29, 0.717) is 12.1 Å². The summed E-state index contributed by atoms with van der Waals surface area (Å²) in [5.74, 6) is -1.46. The zero-order chi connectivity index (χ0) is 16.7. The minimum absolute atomic E-state index is 0.00592. The van der Waals surface area contributed by atoms with E-state index in [4.69, 9.17) is 9.15 Å². The number of unbranched alkanes of at least 4 members (excludes halogenated alkanes) is 1. The molecule has 0 aliphatic carbocycles. The number of carbonyl (C=O) groups excluding carboxylic acids is 3. The Bertz CT molecular complexity index is 674. The quantitative estimate of drug-likeness (QED) is 0.628. The Morgan fingerprint density at radius 2 is 2.00 bits per heavy atom. The second-order valence-electron chi connectivity index (χ2n) is 4.88. The van der Waals surface area contributed by atoms with Gasteiger partial charge in [-0.15, -0.1) is 0 Å². The molecular weight excluding hydrogens is 300 g/mol. The number of urea groups is 1. The topological polar surface area (TPSA) is 97.6 Å². The van der Waals surface area contributed by atoms with Crippen molar-refractivity contribution < 1.29 is 23.5 Å². The summed E-state index contributed by atoms with van der Waals surface area (Å²) in [5.41, 5.74) is 0.555. The molecule has 2 N–H and O–H groups in total. The lowest BCUT2D eigenvalue weighted by atomic mass is 10.2. The first-order valence-electron chi connectivity index (χ1n) is 7.33. The number of ether oxygens (including phenoxy) is 1. The third-order valence-corrected chi connectivity index (χ3v) is 3.03. The van der Waals surface area contributed by atoms with E-state index >= 15 is 0 Å². The number of nitrogens with one attached hydrogen (secondary N) is 2. The van der Waals surface area contributed by atoms with Crippen molar-refractivity contribution in [3.63, 3.8) is 0 Å². The second-order valence-corrected chi connectivity index (χ2v) is 4.88. The lowest BCUT2D eigenvalue weighted by Crippen LogP contribution is -2.41. The molecule has 23 heavy (non-hydrogen) atoms. The smallest absolute Gasteiger partial charge is 0.374 e. The van der Waals surface area contributed by atoms with Gasteiger partial charge in [0.05, 0.1) is 0 Å². The van der Waals surface area contributed by atoms with Crippen LogP contribution in [0.5, 0.6) is 0 Å². The minimum atomic E-state index is -0.761. The molecule has 0 radical (unpaired) electrons. The van der Waals surface area contributed by atoms with Gasteiger partial charge in [-0.1, -0.05) is 31.5 Å². The van der Waals surface area contributed by atoms with Crippen LogP contribution in [-0.4, -0.2) is 31.1 Å². The Labute approximate surface area is 133 Å². The largest absolute Gasteiger partial charge is 0.450 e. The fourth-order valence-electron chi connectivity index (χ4n) is 1.87. The molecule has 0 aliphatic heterocycles. The molecule has 7 heteroatoms. The van der Waals surface area contributed by atoms with Crippen LogP contribution in [0.4, 0.5) is 4.79 Å². The summed E-state index contributed by atoms with van der Waals surface area (Å²) in [4.78, 5) is 34.7. The van der Waals surface area contributed by atoms with Crippen molar-refractivity contribution in [2.75, 3.05) is 13.2 Å². The zero-order valence-corrected chi connectivity index (χ0v) is 12.8. The van der Waals surface area contributed by atoms with Crippen LogP contribution in [-0.2, 0) is 9.53 Å². The molecule has 1 aromatic heterocycles. The molecular formula is C16H18N2O5. The van der Waals surface area contributed by atoms with Crippen molar-refractivity contribution >= 4 is 28.9 Å². The van der Waals surface area contributed by atoms with E-state index in [9.17, 15) is 14.4 Å². The van der Waals surface area contributed by atoms with Crippen LogP contribution in [0.2, 0.25) is 0 Å². The molecule has 1 heterocycles. The number of amides is 3. The Kier molecular flexibility index (Phi) is 5.74. The lowest BCUT2D eigenvalue weighted by Gasteiger charge is -2.06. The van der Waals surface area contributed by atoms with E-state index in [-0.39, 0.29) is 5.76 Å². The van der Waals surface area contributed by atoms with Crippen LogP contribution < -0.4 is 10.6 Å². The van der Waals surface area contributed by atoms with E-state index in [2.05, 4.69) is 10.6 Å². The molecule has 0 spiro atoms. The van der Waals surface area contributed by atoms with Crippen molar-refractivity contribution in [2.45, 2.75) is 19.8 Å². The third kappa shape index (κ3) is 4.84. The van der Waals surface area contributed by atoms with Gasteiger partial charge in [-0.2, -0.15) is 0 Å². The van der Waals surface area contributed by atoms with Crippen LogP contribution in [0.25, 0.3) is 11.0 Å². The van der Waals surface area contributed by atoms with Gasteiger partial charge in [0.2, 0.25) is 5.76 Å². The molecule has 0 atom stereocenters. The number of fused-ring (bicyclic) bond motifs is 1. The molecule has 122 valence electrons. The first-order valence-corrected chi connectivity index (χ1v) is 7.33. The zero-order valence-electron chi connectivity index (χ0n) is 12.8. The maximum atomic E-state index is 11.8. The predicted octanol–water partition coefficient (Wildman–Crippen LogP) is 2.22. The van der Waals surface area contributed by atoms with Crippen LogP contribution in [0.3, 0.4) is 0 Å². The molecule has 0 saturated carbocycles. The van der Waals surface area contributed by atoms with Crippen molar-refractivity contribution in [1.29, 1.82) is 0 Å². The number of hydrogen-bond donors (Lipinski definition) is 2. The van der Waals surface area contributed by atoms with Crippen LogP contribution in [0.1, 0.15) is 30.3 Å². The maximum Gasteiger partial charge on any atom is 0.374 e. The molecule has 1 aromatic carbocycles. The van der Waals surface area contributed by atoms with Crippen molar-refractivity contribution in [3.8, 4) is 0 Å². The van der Waals surface area contributed by atoms with Crippen LogP contribution >= 0.6 is 0 Å². The third-order valence-electron chi connectivity index (χ3n) is 3.03. The molecule has 3 amide bonds. The van der Waals surface area contributed by atoms with Gasteiger partial charge in [0.1, 0.15) is 5.58 Å². The highest BCUT2D eigenvalue weighted by Crippen LogP contribution is 2.19. The van der Waals surface area contributed by atoms with E-state index in [1.807, 2.05) is 13.0 Å². The van der Waals surface area contributed by atoms with Gasteiger partial charge in [0, 0.05) is 11.9 Å². The maximum absolute atomic E-state index is 11.8. The average molecular weight is 318 g/mol. The molecule has 7 nitrogen and oxygen atoms in total. The fraction of sp³-hybridized carbons (Fsp3) is 0.312. The summed E-state index contributed by atoms with van der Waals surface area (Å²) in [7, 11) is 0. The molecule has 2 aromatic rings. The van der Waals surface area contributed by atoms with E-state index < -0.39 is 24.5 Å². The Morgan fingerprint density at radius 3 is 2.74 bits per heavy atom. The minimum Gasteiger partial charge on any atom is -0.450 e. The van der Waals surface area contributed by atoms with Crippen molar-refractivity contribution in [3.05, 3.63) is 36.1 Å². The number of carbonyl (C=O) groups is 3. The Hall–Kier alpha value is -2.83. The first kappa shape index (κ1) is 16.5. The number of esters is 1. The number of furan rings is 1. The summed E-state index contributed by atoms with van der Waals surface area (Å²) in [6.45, 7) is 1.91. The highest BCUT2D eigenvalue weighted by Gasteiger charge is 2.16. The molecule has 0 fully saturated rings. The van der Waals surface area contributed by atoms with E-state index in [1.165, 1.54) is 6.07 Å². The van der Waals surface area contributed by atoms with Gasteiger partial charge >= 0.3 is 12.0 Å². The Balaban J connectivity index is 1.79. The Morgan fingerprint density at radius 1 is 1.22 bits per heavy atom. The summed E-state index contributed by atoms with van der Waals surface area (Å²) in [5, 5.41) is 5.36. The van der Waals surface area contributed by atoms with Gasteiger partial charge in [-0.05, 0) is 18.6 Å². The molecule has 0 bridgehead atoms. The lowest BCUT2D eigenvalue weighted by molar-refractivity contribution is -0.123.